The average Bonchev–Trinajstić information content (AvgIpc) is 3.22. The minimum absolute atomic E-state index is 0.147. The average molecular weight is 484 g/mol. The topological polar surface area (TPSA) is 72.5 Å². The molecule has 0 fully saturated rings. The van der Waals surface area contributed by atoms with Crippen LogP contribution in [0.3, 0.4) is 0 Å². The van der Waals surface area contributed by atoms with Crippen molar-refractivity contribution in [3.8, 4) is 22.1 Å². The molecule has 0 aliphatic carbocycles. The van der Waals surface area contributed by atoms with Gasteiger partial charge in [-0.15, -0.1) is 11.3 Å². The number of aromatic nitrogens is 1. The third-order valence-electron chi connectivity index (χ3n) is 4.62. The number of methoxy groups -OCH3 is 2. The van der Waals surface area contributed by atoms with Gasteiger partial charge in [-0.05, 0) is 60.7 Å². The maximum absolute atomic E-state index is 12.5. The molecule has 0 aliphatic heterocycles. The number of carbonyl (C=O) groups excluding carboxylic acids is 1. The summed E-state index contributed by atoms with van der Waals surface area (Å²) in [6.45, 7) is 0. The van der Waals surface area contributed by atoms with Crippen molar-refractivity contribution in [2.75, 3.05) is 19.5 Å². The zero-order valence-electron chi connectivity index (χ0n) is 17.1. The van der Waals surface area contributed by atoms with Crippen molar-refractivity contribution in [3.63, 3.8) is 0 Å². The van der Waals surface area contributed by atoms with Gasteiger partial charge in [0, 0.05) is 16.8 Å². The number of amides is 1. The van der Waals surface area contributed by atoms with E-state index < -0.39 is 0 Å². The highest BCUT2D eigenvalue weighted by Crippen LogP contribution is 2.35. The Morgan fingerprint density at radius 3 is 2.53 bits per heavy atom. The molecule has 0 radical (unpaired) electrons. The van der Waals surface area contributed by atoms with E-state index in [0.29, 0.717) is 27.8 Å². The van der Waals surface area contributed by atoms with E-state index in [4.69, 9.17) is 33.3 Å². The summed E-state index contributed by atoms with van der Waals surface area (Å²) in [5.74, 6) is 0.615. The summed E-state index contributed by atoms with van der Waals surface area (Å²) in [7, 11) is 3.04. The lowest BCUT2D eigenvalue weighted by Gasteiger charge is -2.12. The normalized spacial score (nSPS) is 10.6. The second-order valence-electron chi connectivity index (χ2n) is 6.66. The van der Waals surface area contributed by atoms with Crippen molar-refractivity contribution < 1.29 is 14.3 Å². The molecule has 9 heteroatoms. The van der Waals surface area contributed by atoms with Gasteiger partial charge in [0.05, 0.1) is 29.5 Å². The number of nitrogens with one attached hydrogen (secondary N) is 2. The van der Waals surface area contributed by atoms with Gasteiger partial charge in [0.1, 0.15) is 5.01 Å². The van der Waals surface area contributed by atoms with Crippen LogP contribution in [0.5, 0.6) is 11.5 Å². The number of hydrogen-bond donors (Lipinski definition) is 2. The SMILES string of the molecule is COc1ccc(C(=O)NC(=S)Nc2ccc(-c3nc4ccccc4s3)c(Cl)c2)cc1OC. The summed E-state index contributed by atoms with van der Waals surface area (Å²) in [5, 5.41) is 7.15. The standard InChI is InChI=1S/C23H18ClN3O3S2/c1-29-18-10-7-13(11-19(18)30-2)21(28)27-23(31)25-14-8-9-15(16(24)12-14)22-26-17-5-3-4-6-20(17)32-22/h3-12H,1-2H3,(H2,25,27,28,31). The Bertz CT molecular complexity index is 1290. The number of rotatable bonds is 5. The van der Waals surface area contributed by atoms with Crippen LogP contribution in [0.25, 0.3) is 20.8 Å². The van der Waals surface area contributed by atoms with E-state index in [1.165, 1.54) is 14.2 Å². The van der Waals surface area contributed by atoms with Crippen molar-refractivity contribution in [2.24, 2.45) is 0 Å². The molecule has 0 aliphatic rings. The van der Waals surface area contributed by atoms with Crippen molar-refractivity contribution >= 4 is 62.1 Å². The molecule has 3 aromatic carbocycles. The predicted molar refractivity (Wildman–Crippen MR) is 133 cm³/mol. The van der Waals surface area contributed by atoms with Gasteiger partial charge < -0.3 is 14.8 Å². The fourth-order valence-electron chi connectivity index (χ4n) is 3.07. The Morgan fingerprint density at radius 1 is 1.03 bits per heavy atom. The van der Waals surface area contributed by atoms with Gasteiger partial charge in [0.25, 0.3) is 5.91 Å². The number of nitrogens with zero attached hydrogens (tertiary/aromatic N) is 1. The number of fused-ring (bicyclic) bond motifs is 1. The molecule has 4 aromatic rings. The molecule has 1 heterocycles. The number of thiocarbonyl (C=S) groups is 1. The molecule has 6 nitrogen and oxygen atoms in total. The molecule has 0 saturated heterocycles. The van der Waals surface area contributed by atoms with Gasteiger partial charge >= 0.3 is 0 Å². The Kier molecular flexibility index (Phi) is 6.55. The van der Waals surface area contributed by atoms with Crippen molar-refractivity contribution in [3.05, 3.63) is 71.2 Å². The van der Waals surface area contributed by atoms with Crippen LogP contribution >= 0.6 is 35.2 Å². The maximum Gasteiger partial charge on any atom is 0.257 e. The van der Waals surface area contributed by atoms with E-state index in [0.717, 1.165) is 20.8 Å². The summed E-state index contributed by atoms with van der Waals surface area (Å²) < 4.78 is 11.5. The van der Waals surface area contributed by atoms with Gasteiger partial charge in [0.15, 0.2) is 16.6 Å². The first-order valence-corrected chi connectivity index (χ1v) is 11.1. The number of anilines is 1. The third kappa shape index (κ3) is 4.67. The summed E-state index contributed by atoms with van der Waals surface area (Å²) in [6.07, 6.45) is 0. The molecule has 1 amide bonds. The lowest BCUT2D eigenvalue weighted by atomic mass is 10.2. The second kappa shape index (κ2) is 9.52. The highest BCUT2D eigenvalue weighted by molar-refractivity contribution is 7.80. The van der Waals surface area contributed by atoms with Crippen molar-refractivity contribution in [1.82, 2.24) is 10.3 Å². The number of benzene rings is 3. The van der Waals surface area contributed by atoms with Gasteiger partial charge in [-0.3, -0.25) is 10.1 Å². The summed E-state index contributed by atoms with van der Waals surface area (Å²) >= 11 is 13.4. The fourth-order valence-corrected chi connectivity index (χ4v) is 4.61. The minimum Gasteiger partial charge on any atom is -0.493 e. The van der Waals surface area contributed by atoms with Crippen LogP contribution in [0.2, 0.25) is 5.02 Å². The first kappa shape index (κ1) is 22.0. The second-order valence-corrected chi connectivity index (χ2v) is 8.51. The Morgan fingerprint density at radius 2 is 1.81 bits per heavy atom. The molecule has 0 spiro atoms. The number of para-hydroxylation sites is 1. The van der Waals surface area contributed by atoms with Gasteiger partial charge in [-0.2, -0.15) is 0 Å². The molecule has 0 atom stereocenters. The lowest BCUT2D eigenvalue weighted by Crippen LogP contribution is -2.34. The largest absolute Gasteiger partial charge is 0.493 e. The molecule has 0 bridgehead atoms. The van der Waals surface area contributed by atoms with Crippen LogP contribution < -0.4 is 20.1 Å². The molecule has 0 unspecified atom stereocenters. The molecule has 32 heavy (non-hydrogen) atoms. The molecule has 2 N–H and O–H groups in total. The van der Waals surface area contributed by atoms with Crippen molar-refractivity contribution in [2.45, 2.75) is 0 Å². The zero-order valence-corrected chi connectivity index (χ0v) is 19.5. The van der Waals surface area contributed by atoms with E-state index in [1.54, 1.807) is 35.6 Å². The number of halogens is 1. The molecule has 1 aromatic heterocycles. The number of carbonyl (C=O) groups is 1. The summed E-state index contributed by atoms with van der Waals surface area (Å²) in [4.78, 5) is 17.2. The summed E-state index contributed by atoms with van der Waals surface area (Å²) in [5.41, 5.74) is 2.80. The Hall–Kier alpha value is -3.20. The van der Waals surface area contributed by atoms with Gasteiger partial charge in [0.2, 0.25) is 0 Å². The van der Waals surface area contributed by atoms with Crippen LogP contribution in [0.15, 0.2) is 60.7 Å². The van der Waals surface area contributed by atoms with E-state index in [2.05, 4.69) is 15.6 Å². The van der Waals surface area contributed by atoms with Gasteiger partial charge in [-0.25, -0.2) is 4.98 Å². The minimum atomic E-state index is -0.374. The highest BCUT2D eigenvalue weighted by Gasteiger charge is 2.14. The van der Waals surface area contributed by atoms with E-state index in [1.807, 2.05) is 36.4 Å². The number of hydrogen-bond acceptors (Lipinski definition) is 6. The predicted octanol–water partition coefficient (Wildman–Crippen LogP) is 5.76. The fraction of sp³-hybridized carbons (Fsp3) is 0.0870. The molecule has 0 saturated carbocycles. The highest BCUT2D eigenvalue weighted by atomic mass is 35.5. The third-order valence-corrected chi connectivity index (χ3v) is 6.21. The van der Waals surface area contributed by atoms with Crippen molar-refractivity contribution in [1.29, 1.82) is 0 Å². The van der Waals surface area contributed by atoms with Crippen LogP contribution in [-0.2, 0) is 0 Å². The molecule has 162 valence electrons. The van der Waals surface area contributed by atoms with E-state index in [9.17, 15) is 4.79 Å². The summed E-state index contributed by atoms with van der Waals surface area (Å²) in [6, 6.07) is 18.3. The van der Waals surface area contributed by atoms with Crippen LogP contribution in [-0.4, -0.2) is 30.2 Å². The Balaban J connectivity index is 1.45. The van der Waals surface area contributed by atoms with Crippen LogP contribution in [0.1, 0.15) is 10.4 Å². The van der Waals surface area contributed by atoms with Gasteiger partial charge in [-0.1, -0.05) is 23.7 Å². The first-order chi connectivity index (χ1) is 15.5. The smallest absolute Gasteiger partial charge is 0.257 e. The van der Waals surface area contributed by atoms with Crippen LogP contribution in [0.4, 0.5) is 5.69 Å². The quantitative estimate of drug-likeness (QED) is 0.351. The van der Waals surface area contributed by atoms with Crippen LogP contribution in [0, 0.1) is 0 Å². The Labute approximate surface area is 199 Å². The van der Waals surface area contributed by atoms with E-state index >= 15 is 0 Å². The molecule has 4 rings (SSSR count). The zero-order chi connectivity index (χ0) is 22.7. The lowest BCUT2D eigenvalue weighted by molar-refractivity contribution is 0.0977. The number of ether oxygens (including phenoxy) is 2. The first-order valence-electron chi connectivity index (χ1n) is 9.48. The van der Waals surface area contributed by atoms with E-state index in [-0.39, 0.29) is 11.0 Å². The molecular formula is C23H18ClN3O3S2. The monoisotopic (exact) mass is 483 g/mol. The number of thiazole rings is 1. The maximum atomic E-state index is 12.5. The molecular weight excluding hydrogens is 466 g/mol.